The Morgan fingerprint density at radius 1 is 1.11 bits per heavy atom. The van der Waals surface area contributed by atoms with Crippen molar-refractivity contribution < 1.29 is 23.5 Å². The van der Waals surface area contributed by atoms with Crippen LogP contribution in [0.1, 0.15) is 38.8 Å². The number of fused-ring (bicyclic) bond motifs is 1. The molecule has 2 aromatic carbocycles. The largest absolute Gasteiger partial charge is 0.497 e. The van der Waals surface area contributed by atoms with Crippen LogP contribution in [0.5, 0.6) is 5.75 Å². The molecule has 0 spiro atoms. The Morgan fingerprint density at radius 2 is 1.89 bits per heavy atom. The minimum atomic E-state index is -0.598. The van der Waals surface area contributed by atoms with Crippen LogP contribution in [0, 0.1) is 5.82 Å². The SMILES string of the molecule is COCCCN(CC(=O)N1CCc2sccc2C1c1ccc(OC)cc1)C(=O)c1ccccc1F. The Labute approximate surface area is 208 Å². The molecule has 2 heterocycles. The van der Waals surface area contributed by atoms with Crippen molar-refractivity contribution in [3.63, 3.8) is 0 Å². The van der Waals surface area contributed by atoms with Crippen molar-refractivity contribution in [1.82, 2.24) is 9.80 Å². The highest BCUT2D eigenvalue weighted by molar-refractivity contribution is 7.10. The van der Waals surface area contributed by atoms with Gasteiger partial charge in [-0.3, -0.25) is 9.59 Å². The van der Waals surface area contributed by atoms with Gasteiger partial charge in [0.15, 0.2) is 0 Å². The standard InChI is InChI=1S/C27H29FN2O4S/c1-33-16-5-14-29(27(32)21-6-3-4-7-23(21)28)18-25(31)30-15-12-24-22(13-17-35-24)26(30)19-8-10-20(34-2)11-9-19/h3-4,6-11,13,17,26H,5,12,14-16,18H2,1-2H3. The number of carbonyl (C=O) groups excluding carboxylic acids is 2. The monoisotopic (exact) mass is 496 g/mol. The van der Waals surface area contributed by atoms with E-state index in [0.717, 1.165) is 23.3 Å². The number of amides is 2. The van der Waals surface area contributed by atoms with Crippen molar-refractivity contribution in [3.8, 4) is 5.75 Å². The molecule has 1 atom stereocenters. The van der Waals surface area contributed by atoms with Gasteiger partial charge in [0.1, 0.15) is 18.1 Å². The first-order valence-electron chi connectivity index (χ1n) is 11.6. The van der Waals surface area contributed by atoms with Gasteiger partial charge >= 0.3 is 0 Å². The zero-order valence-corrected chi connectivity index (χ0v) is 20.7. The number of nitrogens with zero attached hydrogens (tertiary/aromatic N) is 2. The molecule has 6 nitrogen and oxygen atoms in total. The summed E-state index contributed by atoms with van der Waals surface area (Å²) in [6, 6.07) is 15.4. The van der Waals surface area contributed by atoms with Crippen molar-refractivity contribution in [3.05, 3.63) is 87.4 Å². The molecule has 8 heteroatoms. The Balaban J connectivity index is 1.61. The molecule has 0 radical (unpaired) electrons. The first-order valence-corrected chi connectivity index (χ1v) is 12.4. The molecule has 184 valence electrons. The maximum Gasteiger partial charge on any atom is 0.257 e. The number of hydrogen-bond donors (Lipinski definition) is 0. The number of thiophene rings is 1. The van der Waals surface area contributed by atoms with Crippen LogP contribution in [0.4, 0.5) is 4.39 Å². The molecular formula is C27H29FN2O4S. The third-order valence-electron chi connectivity index (χ3n) is 6.21. The number of methoxy groups -OCH3 is 2. The smallest absolute Gasteiger partial charge is 0.257 e. The summed E-state index contributed by atoms with van der Waals surface area (Å²) < 4.78 is 24.8. The third kappa shape index (κ3) is 5.55. The minimum Gasteiger partial charge on any atom is -0.497 e. The van der Waals surface area contributed by atoms with Crippen LogP contribution < -0.4 is 4.74 Å². The zero-order chi connectivity index (χ0) is 24.8. The average Bonchev–Trinajstić information content (AvgIpc) is 3.36. The molecule has 0 N–H and O–H groups in total. The fraction of sp³-hybridized carbons (Fsp3) is 0.333. The van der Waals surface area contributed by atoms with Crippen molar-refractivity contribution in [2.45, 2.75) is 18.9 Å². The average molecular weight is 497 g/mol. The number of carbonyl (C=O) groups is 2. The van der Waals surface area contributed by atoms with Crippen LogP contribution in [-0.4, -0.2) is 62.1 Å². The van der Waals surface area contributed by atoms with Crippen molar-refractivity contribution in [2.75, 3.05) is 40.5 Å². The molecule has 0 saturated heterocycles. The van der Waals surface area contributed by atoms with E-state index in [0.29, 0.717) is 19.6 Å². The lowest BCUT2D eigenvalue weighted by Crippen LogP contribution is -2.47. The van der Waals surface area contributed by atoms with E-state index in [-0.39, 0.29) is 30.6 Å². The lowest BCUT2D eigenvalue weighted by atomic mass is 9.93. The van der Waals surface area contributed by atoms with Gasteiger partial charge in [0.2, 0.25) is 5.91 Å². The molecule has 4 rings (SSSR count). The Morgan fingerprint density at radius 3 is 2.60 bits per heavy atom. The van der Waals surface area contributed by atoms with Gasteiger partial charge in [-0.25, -0.2) is 4.39 Å². The van der Waals surface area contributed by atoms with E-state index in [4.69, 9.17) is 9.47 Å². The summed E-state index contributed by atoms with van der Waals surface area (Å²) in [4.78, 5) is 31.4. The van der Waals surface area contributed by atoms with E-state index < -0.39 is 11.7 Å². The summed E-state index contributed by atoms with van der Waals surface area (Å²) in [7, 11) is 3.20. The van der Waals surface area contributed by atoms with E-state index in [1.165, 1.54) is 28.0 Å². The predicted molar refractivity (Wildman–Crippen MR) is 133 cm³/mol. The highest BCUT2D eigenvalue weighted by Crippen LogP contribution is 2.38. The molecule has 0 fully saturated rings. The highest BCUT2D eigenvalue weighted by atomic mass is 32.1. The van der Waals surface area contributed by atoms with Crippen LogP contribution in [-0.2, 0) is 16.0 Å². The maximum absolute atomic E-state index is 14.4. The molecule has 1 unspecified atom stereocenters. The second kappa shape index (κ2) is 11.5. The van der Waals surface area contributed by atoms with Gasteiger partial charge in [-0.05, 0) is 59.7 Å². The molecule has 2 amide bonds. The maximum atomic E-state index is 14.4. The zero-order valence-electron chi connectivity index (χ0n) is 19.9. The van der Waals surface area contributed by atoms with Gasteiger partial charge < -0.3 is 19.3 Å². The predicted octanol–water partition coefficient (Wildman–Crippen LogP) is 4.55. The van der Waals surface area contributed by atoms with E-state index in [1.807, 2.05) is 34.5 Å². The van der Waals surface area contributed by atoms with Crippen LogP contribution in [0.3, 0.4) is 0 Å². The first kappa shape index (κ1) is 24.9. The molecule has 35 heavy (non-hydrogen) atoms. The first-order chi connectivity index (χ1) is 17.0. The summed E-state index contributed by atoms with van der Waals surface area (Å²) in [6.45, 7) is 1.13. The fourth-order valence-electron chi connectivity index (χ4n) is 4.44. The van der Waals surface area contributed by atoms with Crippen LogP contribution in [0.25, 0.3) is 0 Å². The molecule has 0 aliphatic carbocycles. The second-order valence-electron chi connectivity index (χ2n) is 8.36. The topological polar surface area (TPSA) is 59.1 Å². The van der Waals surface area contributed by atoms with Crippen molar-refractivity contribution in [2.24, 2.45) is 0 Å². The van der Waals surface area contributed by atoms with Crippen molar-refractivity contribution in [1.29, 1.82) is 0 Å². The van der Waals surface area contributed by atoms with Gasteiger partial charge in [0.25, 0.3) is 5.91 Å². The number of hydrogen-bond acceptors (Lipinski definition) is 5. The summed E-state index contributed by atoms with van der Waals surface area (Å²) in [5.41, 5.74) is 2.04. The van der Waals surface area contributed by atoms with Crippen LogP contribution in [0.2, 0.25) is 0 Å². The van der Waals surface area contributed by atoms with Gasteiger partial charge in [-0.15, -0.1) is 11.3 Å². The van der Waals surface area contributed by atoms with E-state index in [2.05, 4.69) is 6.07 Å². The molecule has 0 bridgehead atoms. The number of halogens is 1. The van der Waals surface area contributed by atoms with Gasteiger partial charge in [0.05, 0.1) is 18.7 Å². The van der Waals surface area contributed by atoms with Gasteiger partial charge in [-0.1, -0.05) is 24.3 Å². The Bertz CT molecular complexity index is 1160. The quantitative estimate of drug-likeness (QED) is 0.408. The lowest BCUT2D eigenvalue weighted by Gasteiger charge is -2.37. The van der Waals surface area contributed by atoms with E-state index in [1.54, 1.807) is 31.6 Å². The summed E-state index contributed by atoms with van der Waals surface area (Å²) in [5.74, 6) is -0.530. The third-order valence-corrected chi connectivity index (χ3v) is 7.21. The van der Waals surface area contributed by atoms with E-state index >= 15 is 0 Å². The Kier molecular flexibility index (Phi) is 8.15. The van der Waals surface area contributed by atoms with E-state index in [9.17, 15) is 14.0 Å². The molecule has 1 aliphatic rings. The fourth-order valence-corrected chi connectivity index (χ4v) is 5.35. The summed E-state index contributed by atoms with van der Waals surface area (Å²) >= 11 is 1.69. The number of rotatable bonds is 9. The Hall–Kier alpha value is -3.23. The normalized spacial score (nSPS) is 14.9. The summed E-state index contributed by atoms with van der Waals surface area (Å²) in [6.07, 6.45) is 1.30. The second-order valence-corrected chi connectivity index (χ2v) is 9.37. The minimum absolute atomic E-state index is 0.0387. The number of ether oxygens (including phenoxy) is 2. The lowest BCUT2D eigenvalue weighted by molar-refractivity contribution is -0.134. The van der Waals surface area contributed by atoms with Crippen LogP contribution in [0.15, 0.2) is 60.0 Å². The highest BCUT2D eigenvalue weighted by Gasteiger charge is 2.34. The molecule has 1 aromatic heterocycles. The van der Waals surface area contributed by atoms with Gasteiger partial charge in [0, 0.05) is 31.7 Å². The van der Waals surface area contributed by atoms with Crippen molar-refractivity contribution >= 4 is 23.2 Å². The number of benzene rings is 2. The molecule has 1 aliphatic heterocycles. The van der Waals surface area contributed by atoms with Gasteiger partial charge in [-0.2, -0.15) is 0 Å². The molecular weight excluding hydrogens is 467 g/mol. The van der Waals surface area contributed by atoms with Crippen LogP contribution >= 0.6 is 11.3 Å². The summed E-state index contributed by atoms with van der Waals surface area (Å²) in [5, 5.41) is 2.05. The molecule has 3 aromatic rings. The molecule has 0 saturated carbocycles.